The van der Waals surface area contributed by atoms with Gasteiger partial charge in [0.05, 0.1) is 0 Å². The van der Waals surface area contributed by atoms with Crippen molar-refractivity contribution in [2.75, 3.05) is 26.2 Å². The van der Waals surface area contributed by atoms with Crippen molar-refractivity contribution in [2.24, 2.45) is 11.5 Å². The summed E-state index contributed by atoms with van der Waals surface area (Å²) in [4.78, 5) is 4.45. The standard InChI is InChI=1S/C11H28N4/c1-6-14(7-2)11(13,10(5)12)15(8-3)9-4/h10H,6-9,12-13H2,1-5H3. The Bertz CT molecular complexity index is 150. The Labute approximate surface area is 94.6 Å². The summed E-state index contributed by atoms with van der Waals surface area (Å²) in [6, 6.07) is -0.0719. The molecule has 0 aromatic heterocycles. The summed E-state index contributed by atoms with van der Waals surface area (Å²) in [6.45, 7) is 14.2. The maximum atomic E-state index is 6.50. The molecule has 0 aliphatic heterocycles. The molecule has 0 bridgehead atoms. The molecule has 1 atom stereocenters. The third kappa shape index (κ3) is 2.91. The molecular weight excluding hydrogens is 188 g/mol. The van der Waals surface area contributed by atoms with Crippen LogP contribution in [0.1, 0.15) is 34.6 Å². The molecule has 0 aromatic rings. The molecule has 0 rings (SSSR count). The second-order valence-electron chi connectivity index (χ2n) is 3.92. The quantitative estimate of drug-likeness (QED) is 0.613. The van der Waals surface area contributed by atoms with Gasteiger partial charge in [0, 0.05) is 6.04 Å². The van der Waals surface area contributed by atoms with E-state index in [-0.39, 0.29) is 6.04 Å². The molecule has 15 heavy (non-hydrogen) atoms. The molecule has 92 valence electrons. The van der Waals surface area contributed by atoms with Crippen LogP contribution in [-0.2, 0) is 0 Å². The third-order valence-corrected chi connectivity index (χ3v) is 3.21. The van der Waals surface area contributed by atoms with Crippen LogP contribution in [0.2, 0.25) is 0 Å². The summed E-state index contributed by atoms with van der Waals surface area (Å²) in [5, 5.41) is 0. The van der Waals surface area contributed by atoms with Crippen LogP contribution in [0.25, 0.3) is 0 Å². The highest BCUT2D eigenvalue weighted by Gasteiger charge is 2.39. The molecule has 0 fully saturated rings. The topological polar surface area (TPSA) is 58.5 Å². The lowest BCUT2D eigenvalue weighted by Crippen LogP contribution is -2.74. The molecule has 0 spiro atoms. The maximum absolute atomic E-state index is 6.50. The molecule has 4 N–H and O–H groups in total. The first-order chi connectivity index (χ1) is 6.98. The highest BCUT2D eigenvalue weighted by molar-refractivity contribution is 4.90. The number of rotatable bonds is 7. The van der Waals surface area contributed by atoms with Crippen molar-refractivity contribution in [1.82, 2.24) is 9.80 Å². The van der Waals surface area contributed by atoms with Gasteiger partial charge in [-0.1, -0.05) is 27.7 Å². The van der Waals surface area contributed by atoms with Crippen LogP contribution >= 0.6 is 0 Å². The van der Waals surface area contributed by atoms with Crippen LogP contribution in [0.4, 0.5) is 0 Å². The van der Waals surface area contributed by atoms with E-state index in [1.54, 1.807) is 0 Å². The number of nitrogens with two attached hydrogens (primary N) is 2. The average Bonchev–Trinajstić information content (AvgIpc) is 2.21. The minimum atomic E-state index is -0.521. The van der Waals surface area contributed by atoms with Crippen LogP contribution in [0.15, 0.2) is 0 Å². The molecular formula is C11H28N4. The zero-order chi connectivity index (χ0) is 12.1. The Hall–Kier alpha value is -0.160. The summed E-state index contributed by atoms with van der Waals surface area (Å²) in [6.07, 6.45) is 0. The lowest BCUT2D eigenvalue weighted by Gasteiger charge is -2.49. The molecule has 0 heterocycles. The molecule has 4 heteroatoms. The average molecular weight is 216 g/mol. The van der Waals surface area contributed by atoms with E-state index < -0.39 is 5.79 Å². The number of hydrogen-bond donors (Lipinski definition) is 2. The van der Waals surface area contributed by atoms with E-state index in [0.29, 0.717) is 0 Å². The van der Waals surface area contributed by atoms with Crippen LogP contribution in [0.3, 0.4) is 0 Å². The van der Waals surface area contributed by atoms with E-state index in [0.717, 1.165) is 26.2 Å². The largest absolute Gasteiger partial charge is 0.324 e. The zero-order valence-electron chi connectivity index (χ0n) is 11.0. The monoisotopic (exact) mass is 216 g/mol. The van der Waals surface area contributed by atoms with Crippen LogP contribution in [0.5, 0.6) is 0 Å². The second kappa shape index (κ2) is 6.43. The fourth-order valence-electron chi connectivity index (χ4n) is 2.24. The van der Waals surface area contributed by atoms with Crippen molar-refractivity contribution in [3.05, 3.63) is 0 Å². The van der Waals surface area contributed by atoms with Gasteiger partial charge in [0.2, 0.25) is 0 Å². The van der Waals surface area contributed by atoms with Crippen molar-refractivity contribution in [1.29, 1.82) is 0 Å². The lowest BCUT2D eigenvalue weighted by atomic mass is 10.1. The first kappa shape index (κ1) is 14.8. The van der Waals surface area contributed by atoms with Crippen LogP contribution in [-0.4, -0.2) is 47.8 Å². The third-order valence-electron chi connectivity index (χ3n) is 3.21. The van der Waals surface area contributed by atoms with Gasteiger partial charge in [0.1, 0.15) is 5.79 Å². The van der Waals surface area contributed by atoms with E-state index in [1.807, 2.05) is 6.92 Å². The summed E-state index contributed by atoms with van der Waals surface area (Å²) < 4.78 is 0. The minimum Gasteiger partial charge on any atom is -0.324 e. The van der Waals surface area contributed by atoms with Crippen LogP contribution < -0.4 is 11.5 Å². The Morgan fingerprint density at radius 1 is 0.933 bits per heavy atom. The van der Waals surface area contributed by atoms with Crippen LogP contribution in [0, 0.1) is 0 Å². The molecule has 0 saturated heterocycles. The van der Waals surface area contributed by atoms with Gasteiger partial charge in [-0.05, 0) is 33.1 Å². The minimum absolute atomic E-state index is 0.0719. The number of likely N-dealkylation sites (N-methyl/N-ethyl adjacent to an activating group) is 2. The van der Waals surface area contributed by atoms with Gasteiger partial charge in [-0.25, -0.2) is 0 Å². The van der Waals surface area contributed by atoms with Crippen molar-refractivity contribution in [3.63, 3.8) is 0 Å². The van der Waals surface area contributed by atoms with Crippen molar-refractivity contribution < 1.29 is 0 Å². The molecule has 0 aromatic carbocycles. The molecule has 4 nitrogen and oxygen atoms in total. The molecule has 1 unspecified atom stereocenters. The molecule has 0 radical (unpaired) electrons. The van der Waals surface area contributed by atoms with E-state index in [4.69, 9.17) is 11.5 Å². The predicted molar refractivity (Wildman–Crippen MR) is 66.4 cm³/mol. The van der Waals surface area contributed by atoms with E-state index in [1.165, 1.54) is 0 Å². The second-order valence-corrected chi connectivity index (χ2v) is 3.92. The van der Waals surface area contributed by atoms with Crippen molar-refractivity contribution in [2.45, 2.75) is 46.4 Å². The summed E-state index contributed by atoms with van der Waals surface area (Å²) in [5.41, 5.74) is 12.6. The number of nitrogens with zero attached hydrogens (tertiary/aromatic N) is 2. The fraction of sp³-hybridized carbons (Fsp3) is 1.00. The van der Waals surface area contributed by atoms with E-state index in [9.17, 15) is 0 Å². The van der Waals surface area contributed by atoms with E-state index in [2.05, 4.69) is 37.5 Å². The maximum Gasteiger partial charge on any atom is 0.141 e. The smallest absolute Gasteiger partial charge is 0.141 e. The van der Waals surface area contributed by atoms with Gasteiger partial charge < -0.3 is 5.73 Å². The summed E-state index contributed by atoms with van der Waals surface area (Å²) in [7, 11) is 0. The molecule has 0 saturated carbocycles. The SMILES string of the molecule is CCN(CC)C(N)(C(C)N)N(CC)CC. The molecule has 0 amide bonds. The van der Waals surface area contributed by atoms with Gasteiger partial charge in [0.25, 0.3) is 0 Å². The Balaban J connectivity index is 5.01. The van der Waals surface area contributed by atoms with Gasteiger partial charge in [0.15, 0.2) is 0 Å². The Kier molecular flexibility index (Phi) is 6.36. The number of hydrogen-bond acceptors (Lipinski definition) is 4. The van der Waals surface area contributed by atoms with Gasteiger partial charge in [-0.15, -0.1) is 0 Å². The molecule has 0 aliphatic carbocycles. The van der Waals surface area contributed by atoms with Crippen molar-refractivity contribution >= 4 is 0 Å². The normalized spacial score (nSPS) is 15.0. The van der Waals surface area contributed by atoms with Gasteiger partial charge in [-0.2, -0.15) is 0 Å². The first-order valence-electron chi connectivity index (χ1n) is 6.03. The summed E-state index contributed by atoms with van der Waals surface area (Å²) >= 11 is 0. The molecule has 0 aliphatic rings. The zero-order valence-corrected chi connectivity index (χ0v) is 11.0. The fourth-order valence-corrected chi connectivity index (χ4v) is 2.24. The van der Waals surface area contributed by atoms with Crippen molar-refractivity contribution in [3.8, 4) is 0 Å². The Morgan fingerprint density at radius 3 is 1.33 bits per heavy atom. The van der Waals surface area contributed by atoms with Gasteiger partial charge >= 0.3 is 0 Å². The predicted octanol–water partition coefficient (Wildman–Crippen LogP) is 0.630. The highest BCUT2D eigenvalue weighted by Crippen LogP contribution is 2.17. The Morgan fingerprint density at radius 2 is 1.20 bits per heavy atom. The first-order valence-corrected chi connectivity index (χ1v) is 6.03. The highest BCUT2D eigenvalue weighted by atomic mass is 15.5. The van der Waals surface area contributed by atoms with E-state index >= 15 is 0 Å². The summed E-state index contributed by atoms with van der Waals surface area (Å²) in [5.74, 6) is -0.521. The van der Waals surface area contributed by atoms with Gasteiger partial charge in [-0.3, -0.25) is 15.5 Å². The lowest BCUT2D eigenvalue weighted by molar-refractivity contribution is -0.0612.